The fourth-order valence-corrected chi connectivity index (χ4v) is 4.67. The lowest BCUT2D eigenvalue weighted by Crippen LogP contribution is -2.41. The number of hydrogen-bond donors (Lipinski definition) is 3. The van der Waals surface area contributed by atoms with Crippen LogP contribution in [0.15, 0.2) is 53.0 Å². The van der Waals surface area contributed by atoms with Crippen LogP contribution in [0.5, 0.6) is 5.75 Å². The van der Waals surface area contributed by atoms with Crippen LogP contribution in [-0.2, 0) is 9.53 Å². The number of phenolic OH excluding ortho intramolecular Hbond substituents is 1. The van der Waals surface area contributed by atoms with Crippen molar-refractivity contribution in [1.29, 1.82) is 0 Å². The van der Waals surface area contributed by atoms with Gasteiger partial charge in [-0.3, -0.25) is 4.79 Å². The number of para-hydroxylation sites is 1. The van der Waals surface area contributed by atoms with Gasteiger partial charge >= 0.3 is 0 Å². The summed E-state index contributed by atoms with van der Waals surface area (Å²) in [5.74, 6) is 0.284. The third-order valence-electron chi connectivity index (χ3n) is 5.64. The van der Waals surface area contributed by atoms with E-state index in [0.717, 1.165) is 22.0 Å². The first-order chi connectivity index (χ1) is 13.6. The molecule has 2 aliphatic rings. The van der Waals surface area contributed by atoms with Crippen LogP contribution in [0.1, 0.15) is 29.6 Å². The lowest BCUT2D eigenvalue weighted by atomic mass is 9.83. The fourth-order valence-electron chi connectivity index (χ4n) is 4.41. The monoisotopic (exact) mass is 445 g/mol. The minimum absolute atomic E-state index is 0.0375. The highest BCUT2D eigenvalue weighted by atomic mass is 79.9. The van der Waals surface area contributed by atoms with E-state index in [4.69, 9.17) is 4.74 Å². The number of nitrogens with zero attached hydrogens (tertiary/aromatic N) is 1. The highest BCUT2D eigenvalue weighted by Gasteiger charge is 2.55. The maximum absolute atomic E-state index is 13.2. The number of rotatable bonds is 6. The Morgan fingerprint density at radius 2 is 1.82 bits per heavy atom. The topological polar surface area (TPSA) is 73.8 Å². The molecule has 2 aromatic rings. The van der Waals surface area contributed by atoms with Crippen molar-refractivity contribution in [3.63, 3.8) is 0 Å². The molecule has 0 radical (unpaired) electrons. The number of fused-ring (bicyclic) bond motifs is 1. The Hall–Kier alpha value is -1.93. The molecule has 0 saturated carbocycles. The number of hydrazine groups is 1. The maximum Gasteiger partial charge on any atom is 0.242 e. The van der Waals surface area contributed by atoms with Gasteiger partial charge in [-0.05, 0) is 30.2 Å². The minimum Gasteiger partial charge on any atom is -0.508 e. The number of halogens is 1. The lowest BCUT2D eigenvalue weighted by Gasteiger charge is -2.31. The second-order valence-corrected chi connectivity index (χ2v) is 8.17. The number of amides is 1. The summed E-state index contributed by atoms with van der Waals surface area (Å²) in [6, 6.07) is 14.9. The Labute approximate surface area is 173 Å². The molecule has 0 bridgehead atoms. The van der Waals surface area contributed by atoms with Crippen LogP contribution in [0.4, 0.5) is 0 Å². The Kier molecular flexibility index (Phi) is 5.68. The second-order valence-electron chi connectivity index (χ2n) is 7.25. The van der Waals surface area contributed by atoms with Crippen LogP contribution >= 0.6 is 15.9 Å². The van der Waals surface area contributed by atoms with Crippen LogP contribution in [0.2, 0.25) is 0 Å². The van der Waals surface area contributed by atoms with Gasteiger partial charge in [0, 0.05) is 36.2 Å². The molecular weight excluding hydrogens is 422 g/mol. The van der Waals surface area contributed by atoms with Crippen molar-refractivity contribution in [3.05, 3.63) is 64.1 Å². The normalized spacial score (nSPS) is 26.6. The van der Waals surface area contributed by atoms with Crippen LogP contribution in [0, 0.1) is 5.92 Å². The standard InChI is InChI=1S/C21H24BrN3O3/c1-28-12-4-11-25-20(13-7-9-14(22)10-8-13)17-18(23-24-19(17)21(25)27)15-5-2-3-6-16(15)26/h2-3,5-10,17-20,23-24,26H,4,11-12H2,1H3. The molecular formula is C21H24BrN3O3. The Bertz CT molecular complexity index is 845. The van der Waals surface area contributed by atoms with Crippen molar-refractivity contribution in [2.75, 3.05) is 20.3 Å². The van der Waals surface area contributed by atoms with Crippen molar-refractivity contribution in [2.24, 2.45) is 5.92 Å². The quantitative estimate of drug-likeness (QED) is 0.596. The van der Waals surface area contributed by atoms with Crippen molar-refractivity contribution in [1.82, 2.24) is 15.8 Å². The molecule has 1 amide bonds. The summed E-state index contributed by atoms with van der Waals surface area (Å²) in [7, 11) is 1.67. The van der Waals surface area contributed by atoms with Gasteiger partial charge in [-0.1, -0.05) is 46.3 Å². The van der Waals surface area contributed by atoms with E-state index < -0.39 is 0 Å². The van der Waals surface area contributed by atoms with Crippen LogP contribution in [-0.4, -0.2) is 42.2 Å². The Balaban J connectivity index is 1.72. The third-order valence-corrected chi connectivity index (χ3v) is 6.17. The van der Waals surface area contributed by atoms with Crippen molar-refractivity contribution >= 4 is 21.8 Å². The van der Waals surface area contributed by atoms with Gasteiger partial charge in [0.05, 0.1) is 12.1 Å². The SMILES string of the molecule is COCCCN1C(=O)C2NNC(c3ccccc3O)C2C1c1ccc(Br)cc1. The molecule has 7 heteroatoms. The molecule has 0 aliphatic carbocycles. The van der Waals surface area contributed by atoms with Gasteiger partial charge in [0.2, 0.25) is 5.91 Å². The average molecular weight is 446 g/mol. The average Bonchev–Trinajstić information content (AvgIpc) is 3.23. The van der Waals surface area contributed by atoms with E-state index in [1.807, 2.05) is 35.2 Å². The molecule has 6 nitrogen and oxygen atoms in total. The first-order valence-corrected chi connectivity index (χ1v) is 10.2. The van der Waals surface area contributed by atoms with Crippen LogP contribution in [0.25, 0.3) is 0 Å². The zero-order valence-corrected chi connectivity index (χ0v) is 17.2. The van der Waals surface area contributed by atoms with Crippen molar-refractivity contribution < 1.29 is 14.6 Å². The molecule has 148 valence electrons. The number of phenols is 1. The molecule has 0 spiro atoms. The highest BCUT2D eigenvalue weighted by molar-refractivity contribution is 9.10. The summed E-state index contributed by atoms with van der Waals surface area (Å²) in [6.07, 6.45) is 0.781. The van der Waals surface area contributed by atoms with E-state index in [1.54, 1.807) is 13.2 Å². The van der Waals surface area contributed by atoms with E-state index in [9.17, 15) is 9.90 Å². The number of methoxy groups -OCH3 is 1. The molecule has 2 saturated heterocycles. The molecule has 28 heavy (non-hydrogen) atoms. The van der Waals surface area contributed by atoms with Gasteiger partial charge in [-0.25, -0.2) is 10.9 Å². The summed E-state index contributed by atoms with van der Waals surface area (Å²) in [5, 5.41) is 10.4. The van der Waals surface area contributed by atoms with Gasteiger partial charge in [0.25, 0.3) is 0 Å². The molecule has 4 rings (SSSR count). The zero-order chi connectivity index (χ0) is 19.7. The fraction of sp³-hybridized carbons (Fsp3) is 0.381. The van der Waals surface area contributed by atoms with E-state index in [0.29, 0.717) is 13.2 Å². The number of aromatic hydroxyl groups is 1. The highest BCUT2D eigenvalue weighted by Crippen LogP contribution is 2.48. The van der Waals surface area contributed by atoms with E-state index in [-0.39, 0.29) is 35.7 Å². The number of likely N-dealkylation sites (tertiary alicyclic amines) is 1. The summed E-state index contributed by atoms with van der Waals surface area (Å²) in [5.41, 5.74) is 8.33. The van der Waals surface area contributed by atoms with Gasteiger partial charge < -0.3 is 14.7 Å². The number of hydrogen-bond acceptors (Lipinski definition) is 5. The summed E-state index contributed by atoms with van der Waals surface area (Å²) in [6.45, 7) is 1.25. The zero-order valence-electron chi connectivity index (χ0n) is 15.6. The lowest BCUT2D eigenvalue weighted by molar-refractivity contribution is -0.131. The molecule has 3 N–H and O–H groups in total. The van der Waals surface area contributed by atoms with Gasteiger partial charge in [0.15, 0.2) is 0 Å². The number of benzene rings is 2. The van der Waals surface area contributed by atoms with Crippen molar-refractivity contribution in [2.45, 2.75) is 24.5 Å². The molecule has 4 atom stereocenters. The second kappa shape index (κ2) is 8.21. The van der Waals surface area contributed by atoms with E-state index in [2.05, 4.69) is 38.9 Å². The number of ether oxygens (including phenoxy) is 1. The number of nitrogens with one attached hydrogen (secondary N) is 2. The molecule has 2 heterocycles. The minimum atomic E-state index is -0.333. The third kappa shape index (κ3) is 3.43. The summed E-state index contributed by atoms with van der Waals surface area (Å²) in [4.78, 5) is 15.2. The van der Waals surface area contributed by atoms with E-state index >= 15 is 0 Å². The molecule has 0 aromatic heterocycles. The van der Waals surface area contributed by atoms with Crippen LogP contribution < -0.4 is 10.9 Å². The van der Waals surface area contributed by atoms with Gasteiger partial charge in [0.1, 0.15) is 11.8 Å². The molecule has 2 fully saturated rings. The predicted octanol–water partition coefficient (Wildman–Crippen LogP) is 2.91. The molecule has 2 aromatic carbocycles. The summed E-state index contributed by atoms with van der Waals surface area (Å²) >= 11 is 3.49. The van der Waals surface area contributed by atoms with Gasteiger partial charge in [-0.15, -0.1) is 0 Å². The van der Waals surface area contributed by atoms with Crippen molar-refractivity contribution in [3.8, 4) is 5.75 Å². The summed E-state index contributed by atoms with van der Waals surface area (Å²) < 4.78 is 6.19. The molecule has 4 unspecified atom stereocenters. The number of carbonyl (C=O) groups is 1. The van der Waals surface area contributed by atoms with E-state index in [1.165, 1.54) is 0 Å². The number of carbonyl (C=O) groups excluding carboxylic acids is 1. The Morgan fingerprint density at radius 1 is 1.11 bits per heavy atom. The maximum atomic E-state index is 13.2. The van der Waals surface area contributed by atoms with Crippen LogP contribution in [0.3, 0.4) is 0 Å². The first-order valence-electron chi connectivity index (χ1n) is 9.45. The predicted molar refractivity (Wildman–Crippen MR) is 109 cm³/mol. The Morgan fingerprint density at radius 3 is 2.54 bits per heavy atom. The molecule has 2 aliphatic heterocycles. The van der Waals surface area contributed by atoms with Gasteiger partial charge in [-0.2, -0.15) is 0 Å². The smallest absolute Gasteiger partial charge is 0.242 e. The largest absolute Gasteiger partial charge is 0.508 e. The first kappa shape index (κ1) is 19.4.